The molecule has 9 heteroatoms. The molecule has 3 heterocycles. The number of likely N-dealkylation sites (tertiary alicyclic amines) is 1. The minimum Gasteiger partial charge on any atom is -0.493 e. The van der Waals surface area contributed by atoms with Gasteiger partial charge in [0.15, 0.2) is 17.1 Å². The highest BCUT2D eigenvalue weighted by Gasteiger charge is 2.25. The van der Waals surface area contributed by atoms with Gasteiger partial charge < -0.3 is 19.7 Å². The number of carbonyl (C=O) groups is 2. The van der Waals surface area contributed by atoms with Gasteiger partial charge in [0.2, 0.25) is 0 Å². The van der Waals surface area contributed by atoms with E-state index in [2.05, 4.69) is 15.4 Å². The average Bonchev–Trinajstić information content (AvgIpc) is 3.44. The molecule has 1 aliphatic rings. The van der Waals surface area contributed by atoms with Crippen molar-refractivity contribution in [3.8, 4) is 11.5 Å². The molecule has 1 fully saturated rings. The van der Waals surface area contributed by atoms with E-state index in [-0.39, 0.29) is 5.91 Å². The number of nitrogens with one attached hydrogen (secondary N) is 1. The highest BCUT2D eigenvalue weighted by Crippen LogP contribution is 2.34. The molecule has 1 saturated heterocycles. The van der Waals surface area contributed by atoms with Crippen LogP contribution in [0.2, 0.25) is 0 Å². The highest BCUT2D eigenvalue weighted by atomic mass is 16.5. The van der Waals surface area contributed by atoms with Crippen molar-refractivity contribution < 1.29 is 19.1 Å². The Bertz CT molecular complexity index is 1070. The number of carbonyl (C=O) groups excluding carboxylic acids is 2. The largest absolute Gasteiger partial charge is 0.493 e. The summed E-state index contributed by atoms with van der Waals surface area (Å²) in [6.07, 6.45) is 5.04. The van der Waals surface area contributed by atoms with Gasteiger partial charge in [-0.05, 0) is 25.0 Å². The lowest BCUT2D eigenvalue weighted by Crippen LogP contribution is -2.29. The van der Waals surface area contributed by atoms with Gasteiger partial charge in [-0.15, -0.1) is 0 Å². The molecule has 0 atom stereocenters. The second kappa shape index (κ2) is 7.78. The third-order valence-electron chi connectivity index (χ3n) is 4.92. The van der Waals surface area contributed by atoms with Crippen molar-refractivity contribution in [2.45, 2.75) is 12.8 Å². The van der Waals surface area contributed by atoms with Gasteiger partial charge >= 0.3 is 0 Å². The summed E-state index contributed by atoms with van der Waals surface area (Å²) in [5.41, 5.74) is 1.55. The van der Waals surface area contributed by atoms with Crippen LogP contribution in [0.1, 0.15) is 33.7 Å². The number of methoxy groups -OCH3 is 2. The molecule has 150 valence electrons. The van der Waals surface area contributed by atoms with E-state index >= 15 is 0 Å². The van der Waals surface area contributed by atoms with E-state index in [9.17, 15) is 9.59 Å². The van der Waals surface area contributed by atoms with E-state index in [1.54, 1.807) is 35.4 Å². The van der Waals surface area contributed by atoms with Crippen LogP contribution in [0.3, 0.4) is 0 Å². The normalized spacial score (nSPS) is 13.5. The predicted octanol–water partition coefficient (Wildman–Crippen LogP) is 2.23. The van der Waals surface area contributed by atoms with Crippen LogP contribution in [0.25, 0.3) is 5.65 Å². The third-order valence-corrected chi connectivity index (χ3v) is 4.92. The van der Waals surface area contributed by atoms with Crippen molar-refractivity contribution in [2.24, 2.45) is 0 Å². The second-order valence-electron chi connectivity index (χ2n) is 6.64. The molecule has 29 heavy (non-hydrogen) atoms. The number of ether oxygens (including phenoxy) is 2. The van der Waals surface area contributed by atoms with E-state index in [4.69, 9.17) is 9.47 Å². The van der Waals surface area contributed by atoms with E-state index < -0.39 is 5.91 Å². The minimum absolute atomic E-state index is 0.155. The van der Waals surface area contributed by atoms with Crippen molar-refractivity contribution in [2.75, 3.05) is 32.6 Å². The number of nitrogens with zero attached hydrogens (tertiary/aromatic N) is 4. The minimum atomic E-state index is -0.413. The Hall–Kier alpha value is -3.62. The van der Waals surface area contributed by atoms with Crippen LogP contribution in [0.4, 0.5) is 5.69 Å². The first kappa shape index (κ1) is 18.7. The maximum atomic E-state index is 13.1. The predicted molar refractivity (Wildman–Crippen MR) is 106 cm³/mol. The van der Waals surface area contributed by atoms with Gasteiger partial charge in [0.05, 0.1) is 31.7 Å². The summed E-state index contributed by atoms with van der Waals surface area (Å²) in [6, 6.07) is 6.47. The molecule has 9 nitrogen and oxygen atoms in total. The fourth-order valence-electron chi connectivity index (χ4n) is 3.44. The van der Waals surface area contributed by atoms with Crippen LogP contribution >= 0.6 is 0 Å². The summed E-state index contributed by atoms with van der Waals surface area (Å²) in [5, 5.41) is 6.97. The van der Waals surface area contributed by atoms with Gasteiger partial charge in [0.25, 0.3) is 11.8 Å². The van der Waals surface area contributed by atoms with Gasteiger partial charge in [0, 0.05) is 31.4 Å². The molecule has 0 radical (unpaired) electrons. The van der Waals surface area contributed by atoms with Crippen molar-refractivity contribution >= 4 is 23.1 Å². The number of anilines is 1. The summed E-state index contributed by atoms with van der Waals surface area (Å²) < 4.78 is 12.1. The Morgan fingerprint density at radius 1 is 1.03 bits per heavy atom. The molecule has 2 amide bonds. The molecule has 0 bridgehead atoms. The van der Waals surface area contributed by atoms with Gasteiger partial charge in [0.1, 0.15) is 5.69 Å². The average molecular weight is 395 g/mol. The van der Waals surface area contributed by atoms with Crippen molar-refractivity contribution in [3.05, 3.63) is 47.9 Å². The summed E-state index contributed by atoms with van der Waals surface area (Å²) in [4.78, 5) is 32.0. The summed E-state index contributed by atoms with van der Waals surface area (Å²) in [6.45, 7) is 1.39. The molecule has 0 spiro atoms. The molecule has 3 aromatic rings. The van der Waals surface area contributed by atoms with E-state index in [0.717, 1.165) is 12.8 Å². The Balaban J connectivity index is 1.74. The zero-order valence-corrected chi connectivity index (χ0v) is 16.2. The molecule has 0 aliphatic carbocycles. The van der Waals surface area contributed by atoms with Crippen molar-refractivity contribution in [3.63, 3.8) is 0 Å². The maximum Gasteiger partial charge on any atom is 0.274 e. The first-order valence-corrected chi connectivity index (χ1v) is 9.27. The van der Waals surface area contributed by atoms with Crippen LogP contribution in [0, 0.1) is 0 Å². The second-order valence-corrected chi connectivity index (χ2v) is 6.64. The lowest BCUT2D eigenvalue weighted by Gasteiger charge is -2.20. The summed E-state index contributed by atoms with van der Waals surface area (Å²) in [7, 11) is 3.01. The zero-order chi connectivity index (χ0) is 20.4. The van der Waals surface area contributed by atoms with Gasteiger partial charge in [-0.2, -0.15) is 5.10 Å². The van der Waals surface area contributed by atoms with Gasteiger partial charge in [-0.25, -0.2) is 9.50 Å². The van der Waals surface area contributed by atoms with Crippen LogP contribution in [-0.2, 0) is 0 Å². The van der Waals surface area contributed by atoms with Crippen LogP contribution in [0.5, 0.6) is 11.5 Å². The van der Waals surface area contributed by atoms with Crippen LogP contribution in [-0.4, -0.2) is 58.6 Å². The monoisotopic (exact) mass is 395 g/mol. The topological polar surface area (TPSA) is 98.1 Å². The Morgan fingerprint density at radius 2 is 1.76 bits per heavy atom. The number of hydrogen-bond acceptors (Lipinski definition) is 6. The van der Waals surface area contributed by atoms with E-state index in [1.807, 2.05) is 0 Å². The van der Waals surface area contributed by atoms with Gasteiger partial charge in [-0.3, -0.25) is 9.59 Å². The molecular weight excluding hydrogens is 374 g/mol. The first-order valence-electron chi connectivity index (χ1n) is 9.27. The number of fused-ring (bicyclic) bond motifs is 1. The smallest absolute Gasteiger partial charge is 0.274 e. The van der Waals surface area contributed by atoms with E-state index in [1.165, 1.54) is 24.9 Å². The van der Waals surface area contributed by atoms with Gasteiger partial charge in [-0.1, -0.05) is 0 Å². The number of rotatable bonds is 5. The highest BCUT2D eigenvalue weighted by molar-refractivity contribution is 6.09. The summed E-state index contributed by atoms with van der Waals surface area (Å²) in [5.74, 6) is 0.271. The molecular formula is C20H21N5O4. The number of benzene rings is 1. The van der Waals surface area contributed by atoms with Crippen LogP contribution < -0.4 is 14.8 Å². The molecule has 1 N–H and O–H groups in total. The molecule has 1 aliphatic heterocycles. The zero-order valence-electron chi connectivity index (χ0n) is 16.2. The molecule has 0 saturated carbocycles. The summed E-state index contributed by atoms with van der Waals surface area (Å²) >= 11 is 0. The number of aromatic nitrogens is 3. The lowest BCUT2D eigenvalue weighted by molar-refractivity contribution is 0.0793. The first-order chi connectivity index (χ1) is 14.1. The van der Waals surface area contributed by atoms with Crippen molar-refractivity contribution in [1.82, 2.24) is 19.5 Å². The van der Waals surface area contributed by atoms with Crippen molar-refractivity contribution in [1.29, 1.82) is 0 Å². The fourth-order valence-corrected chi connectivity index (χ4v) is 3.44. The molecule has 2 aromatic heterocycles. The van der Waals surface area contributed by atoms with E-state index in [0.29, 0.717) is 47.2 Å². The Labute approximate surface area is 167 Å². The fraction of sp³-hybridized carbons (Fsp3) is 0.300. The molecule has 1 aromatic carbocycles. The lowest BCUT2D eigenvalue weighted by atomic mass is 10.1. The molecule has 4 rings (SSSR count). The SMILES string of the molecule is COc1cc(NC(=O)c2ccnc3ccnn23)c(C(=O)N2CCCC2)cc1OC. The standard InChI is InChI=1S/C20H21N5O4/c1-28-16-11-13(20(27)24-9-3-4-10-24)14(12-17(16)29-2)23-19(26)15-5-7-21-18-6-8-22-25(15)18/h5-8,11-12H,3-4,9-10H2,1-2H3,(H,23,26). The van der Waals surface area contributed by atoms with Crippen LogP contribution in [0.15, 0.2) is 36.7 Å². The quantitative estimate of drug-likeness (QED) is 0.711. The number of amides is 2. The maximum absolute atomic E-state index is 13.1. The number of hydrogen-bond donors (Lipinski definition) is 1. The Morgan fingerprint density at radius 3 is 2.48 bits per heavy atom. The molecule has 0 unspecified atom stereocenters. The third kappa shape index (κ3) is 3.46. The Kier molecular flexibility index (Phi) is 5.03.